The molecule has 0 aromatic heterocycles. The number of rotatable bonds is 7. The molecule has 2 rings (SSSR count). The van der Waals surface area contributed by atoms with Gasteiger partial charge in [0.2, 0.25) is 0 Å². The average Bonchev–Trinajstić information content (AvgIpc) is 2.55. The fraction of sp³-hybridized carbons (Fsp3) is 0.400. The SMILES string of the molecule is CCCCc1ccc(S(=O)(=O)Nc2c(C)cccc2C(C)C)cc1. The number of anilines is 1. The third-order valence-corrected chi connectivity index (χ3v) is 5.58. The minimum Gasteiger partial charge on any atom is -0.279 e. The highest BCUT2D eigenvalue weighted by atomic mass is 32.2. The van der Waals surface area contributed by atoms with E-state index < -0.39 is 10.0 Å². The number of sulfonamides is 1. The van der Waals surface area contributed by atoms with E-state index in [4.69, 9.17) is 0 Å². The van der Waals surface area contributed by atoms with Gasteiger partial charge in [-0.2, -0.15) is 0 Å². The molecule has 0 aliphatic heterocycles. The molecule has 0 aliphatic carbocycles. The van der Waals surface area contributed by atoms with Gasteiger partial charge in [0.1, 0.15) is 0 Å². The van der Waals surface area contributed by atoms with E-state index in [9.17, 15) is 8.42 Å². The van der Waals surface area contributed by atoms with E-state index in [1.807, 2.05) is 37.3 Å². The largest absolute Gasteiger partial charge is 0.279 e. The molecular weight excluding hydrogens is 318 g/mol. The van der Waals surface area contributed by atoms with E-state index in [-0.39, 0.29) is 5.92 Å². The Labute approximate surface area is 146 Å². The zero-order valence-corrected chi connectivity index (χ0v) is 15.8. The monoisotopic (exact) mass is 345 g/mol. The molecule has 0 saturated carbocycles. The lowest BCUT2D eigenvalue weighted by Gasteiger charge is -2.17. The van der Waals surface area contributed by atoms with Crippen LogP contribution in [0, 0.1) is 6.92 Å². The van der Waals surface area contributed by atoms with Gasteiger partial charge in [-0.1, -0.05) is 57.5 Å². The number of para-hydroxylation sites is 1. The van der Waals surface area contributed by atoms with Crippen LogP contribution < -0.4 is 4.72 Å². The van der Waals surface area contributed by atoms with Crippen LogP contribution in [0.4, 0.5) is 5.69 Å². The summed E-state index contributed by atoms with van der Waals surface area (Å²) < 4.78 is 28.3. The Hall–Kier alpha value is -1.81. The Morgan fingerprint density at radius 3 is 2.29 bits per heavy atom. The summed E-state index contributed by atoms with van der Waals surface area (Å²) in [5.74, 6) is 0.249. The summed E-state index contributed by atoms with van der Waals surface area (Å²) in [6.07, 6.45) is 3.23. The number of hydrogen-bond acceptors (Lipinski definition) is 2. The quantitative estimate of drug-likeness (QED) is 0.744. The van der Waals surface area contributed by atoms with Crippen molar-refractivity contribution in [2.24, 2.45) is 0 Å². The van der Waals surface area contributed by atoms with Gasteiger partial charge in [-0.25, -0.2) is 8.42 Å². The lowest BCUT2D eigenvalue weighted by atomic mass is 9.99. The molecule has 0 fully saturated rings. The lowest BCUT2D eigenvalue weighted by Crippen LogP contribution is -2.15. The molecule has 0 saturated heterocycles. The van der Waals surface area contributed by atoms with Crippen LogP contribution in [-0.4, -0.2) is 8.42 Å². The van der Waals surface area contributed by atoms with Gasteiger partial charge in [0, 0.05) is 0 Å². The zero-order chi connectivity index (χ0) is 17.7. The predicted octanol–water partition coefficient (Wildman–Crippen LogP) is 5.26. The van der Waals surface area contributed by atoms with Crippen molar-refractivity contribution < 1.29 is 8.42 Å². The third kappa shape index (κ3) is 4.38. The van der Waals surface area contributed by atoms with Crippen LogP contribution in [0.25, 0.3) is 0 Å². The second-order valence-corrected chi connectivity index (χ2v) is 8.23. The molecule has 1 N–H and O–H groups in total. The van der Waals surface area contributed by atoms with E-state index in [2.05, 4.69) is 25.5 Å². The first kappa shape index (κ1) is 18.5. The summed E-state index contributed by atoms with van der Waals surface area (Å²) in [6.45, 7) is 8.21. The molecule has 0 amide bonds. The maximum Gasteiger partial charge on any atom is 0.261 e. The Morgan fingerprint density at radius 1 is 1.04 bits per heavy atom. The highest BCUT2D eigenvalue weighted by Crippen LogP contribution is 2.29. The van der Waals surface area contributed by atoms with Crippen LogP contribution in [0.3, 0.4) is 0 Å². The van der Waals surface area contributed by atoms with Crippen LogP contribution in [0.1, 0.15) is 56.2 Å². The second kappa shape index (κ2) is 7.84. The van der Waals surface area contributed by atoms with E-state index in [0.29, 0.717) is 10.6 Å². The Balaban J connectivity index is 2.29. The van der Waals surface area contributed by atoms with Crippen LogP contribution in [0.15, 0.2) is 47.4 Å². The van der Waals surface area contributed by atoms with Gasteiger partial charge in [0.25, 0.3) is 10.0 Å². The first-order valence-electron chi connectivity index (χ1n) is 8.56. The van der Waals surface area contributed by atoms with Crippen LogP contribution in [0.2, 0.25) is 0 Å². The summed E-state index contributed by atoms with van der Waals surface area (Å²) in [6, 6.07) is 13.1. The minimum absolute atomic E-state index is 0.249. The van der Waals surface area contributed by atoms with E-state index in [1.54, 1.807) is 12.1 Å². The van der Waals surface area contributed by atoms with Crippen molar-refractivity contribution in [1.29, 1.82) is 0 Å². The van der Waals surface area contributed by atoms with E-state index >= 15 is 0 Å². The molecular formula is C20H27NO2S. The van der Waals surface area contributed by atoms with Gasteiger partial charge in [-0.05, 0) is 54.5 Å². The van der Waals surface area contributed by atoms with Gasteiger partial charge < -0.3 is 0 Å². The van der Waals surface area contributed by atoms with Crippen molar-refractivity contribution in [3.05, 3.63) is 59.2 Å². The van der Waals surface area contributed by atoms with Crippen molar-refractivity contribution in [2.75, 3.05) is 4.72 Å². The molecule has 0 unspecified atom stereocenters. The van der Waals surface area contributed by atoms with Gasteiger partial charge >= 0.3 is 0 Å². The highest BCUT2D eigenvalue weighted by molar-refractivity contribution is 7.92. The smallest absolute Gasteiger partial charge is 0.261 e. The van der Waals surface area contributed by atoms with Crippen molar-refractivity contribution in [3.63, 3.8) is 0 Å². The summed E-state index contributed by atoms with van der Waals surface area (Å²) in [5.41, 5.74) is 3.82. The van der Waals surface area contributed by atoms with Gasteiger partial charge in [0.05, 0.1) is 10.6 Å². The number of benzene rings is 2. The standard InChI is InChI=1S/C20H27NO2S/c1-5-6-9-17-11-13-18(14-12-17)24(22,23)21-20-16(4)8-7-10-19(20)15(2)3/h7-8,10-15,21H,5-6,9H2,1-4H3. The summed E-state index contributed by atoms with van der Waals surface area (Å²) in [5, 5.41) is 0. The Bertz CT molecular complexity index is 778. The zero-order valence-electron chi connectivity index (χ0n) is 15.0. The van der Waals surface area contributed by atoms with Crippen LogP contribution >= 0.6 is 0 Å². The first-order valence-corrected chi connectivity index (χ1v) is 10.0. The third-order valence-electron chi connectivity index (χ3n) is 4.22. The normalized spacial score (nSPS) is 11.7. The predicted molar refractivity (Wildman–Crippen MR) is 101 cm³/mol. The second-order valence-electron chi connectivity index (χ2n) is 6.55. The number of hydrogen-bond donors (Lipinski definition) is 1. The average molecular weight is 346 g/mol. The molecule has 2 aromatic rings. The lowest BCUT2D eigenvalue weighted by molar-refractivity contribution is 0.601. The maximum atomic E-state index is 12.7. The van der Waals surface area contributed by atoms with Crippen molar-refractivity contribution in [3.8, 4) is 0 Å². The number of aryl methyl sites for hydroxylation is 2. The topological polar surface area (TPSA) is 46.2 Å². The van der Waals surface area contributed by atoms with Crippen LogP contribution in [0.5, 0.6) is 0 Å². The van der Waals surface area contributed by atoms with E-state index in [1.165, 1.54) is 5.56 Å². The molecule has 130 valence electrons. The Morgan fingerprint density at radius 2 is 1.71 bits per heavy atom. The molecule has 2 aromatic carbocycles. The highest BCUT2D eigenvalue weighted by Gasteiger charge is 2.18. The Kier molecular flexibility index (Phi) is 6.05. The summed E-state index contributed by atoms with van der Waals surface area (Å²) in [7, 11) is -3.58. The molecule has 0 bridgehead atoms. The minimum atomic E-state index is -3.58. The van der Waals surface area contributed by atoms with Gasteiger partial charge in [-0.3, -0.25) is 4.72 Å². The number of unbranched alkanes of at least 4 members (excludes halogenated alkanes) is 1. The first-order chi connectivity index (χ1) is 11.3. The van der Waals surface area contributed by atoms with Crippen molar-refractivity contribution in [2.45, 2.75) is 57.8 Å². The molecule has 0 radical (unpaired) electrons. The maximum absolute atomic E-state index is 12.7. The van der Waals surface area contributed by atoms with Gasteiger partial charge in [0.15, 0.2) is 0 Å². The molecule has 0 spiro atoms. The van der Waals surface area contributed by atoms with Gasteiger partial charge in [-0.15, -0.1) is 0 Å². The molecule has 4 heteroatoms. The molecule has 0 atom stereocenters. The summed E-state index contributed by atoms with van der Waals surface area (Å²) in [4.78, 5) is 0.306. The fourth-order valence-corrected chi connectivity index (χ4v) is 3.88. The summed E-state index contributed by atoms with van der Waals surface area (Å²) >= 11 is 0. The molecule has 0 aliphatic rings. The number of nitrogens with one attached hydrogen (secondary N) is 1. The van der Waals surface area contributed by atoms with Crippen molar-refractivity contribution >= 4 is 15.7 Å². The fourth-order valence-electron chi connectivity index (χ4n) is 2.72. The molecule has 3 nitrogen and oxygen atoms in total. The van der Waals surface area contributed by atoms with Crippen LogP contribution in [-0.2, 0) is 16.4 Å². The molecule has 24 heavy (non-hydrogen) atoms. The van der Waals surface area contributed by atoms with Crippen molar-refractivity contribution in [1.82, 2.24) is 0 Å². The van der Waals surface area contributed by atoms with E-state index in [0.717, 1.165) is 30.4 Å². The molecule has 0 heterocycles.